The number of carbonyl (C=O) groups is 1. The molecule has 5 nitrogen and oxygen atoms in total. The van der Waals surface area contributed by atoms with Crippen LogP contribution >= 0.6 is 11.6 Å². The maximum atomic E-state index is 11.8. The molecule has 3 aromatic rings. The van der Waals surface area contributed by atoms with Gasteiger partial charge in [-0.2, -0.15) is 10.2 Å². The van der Waals surface area contributed by atoms with Gasteiger partial charge in [-0.15, -0.1) is 0 Å². The van der Waals surface area contributed by atoms with Crippen molar-refractivity contribution in [1.29, 1.82) is 0 Å². The quantitative estimate of drug-likeness (QED) is 0.548. The van der Waals surface area contributed by atoms with Gasteiger partial charge >= 0.3 is 0 Å². The molecule has 0 spiro atoms. The molecule has 1 heterocycles. The summed E-state index contributed by atoms with van der Waals surface area (Å²) < 4.78 is 1.80. The molecule has 0 bridgehead atoms. The minimum Gasteiger partial charge on any atom is -0.273 e. The van der Waals surface area contributed by atoms with E-state index in [1.807, 2.05) is 60.8 Å². The zero-order valence-electron chi connectivity index (χ0n) is 14.0. The summed E-state index contributed by atoms with van der Waals surface area (Å²) >= 11 is 5.99. The van der Waals surface area contributed by atoms with Crippen LogP contribution < -0.4 is 5.43 Å². The summed E-state index contributed by atoms with van der Waals surface area (Å²) in [4.78, 5) is 11.8. The van der Waals surface area contributed by atoms with Crippen molar-refractivity contribution >= 4 is 23.7 Å². The van der Waals surface area contributed by atoms with Crippen LogP contribution in [0.15, 0.2) is 65.9 Å². The first-order valence-corrected chi connectivity index (χ1v) is 8.82. The second-order valence-corrected chi connectivity index (χ2v) is 6.67. The van der Waals surface area contributed by atoms with Crippen LogP contribution in [0, 0.1) is 5.92 Å². The van der Waals surface area contributed by atoms with Gasteiger partial charge in [0.25, 0.3) is 0 Å². The van der Waals surface area contributed by atoms with Crippen molar-refractivity contribution in [2.75, 3.05) is 0 Å². The first-order valence-electron chi connectivity index (χ1n) is 8.44. The summed E-state index contributed by atoms with van der Waals surface area (Å²) in [6.07, 6.45) is 5.43. The summed E-state index contributed by atoms with van der Waals surface area (Å²) in [5.41, 5.74) is 6.07. The van der Waals surface area contributed by atoms with Crippen LogP contribution in [0.5, 0.6) is 0 Å². The molecule has 0 aliphatic heterocycles. The average molecular weight is 365 g/mol. The Balaban J connectivity index is 1.67. The van der Waals surface area contributed by atoms with Crippen molar-refractivity contribution in [3.63, 3.8) is 0 Å². The Morgan fingerprint density at radius 3 is 2.58 bits per heavy atom. The van der Waals surface area contributed by atoms with E-state index >= 15 is 0 Å². The Labute approximate surface area is 156 Å². The molecule has 4 rings (SSSR count). The second kappa shape index (κ2) is 7.14. The highest BCUT2D eigenvalue weighted by atomic mass is 35.5. The third kappa shape index (κ3) is 3.68. The van der Waals surface area contributed by atoms with Crippen LogP contribution in [0.1, 0.15) is 18.4 Å². The Bertz CT molecular complexity index is 944. The third-order valence-corrected chi connectivity index (χ3v) is 4.46. The highest BCUT2D eigenvalue weighted by molar-refractivity contribution is 6.30. The van der Waals surface area contributed by atoms with Crippen LogP contribution in [0.25, 0.3) is 16.9 Å². The maximum absolute atomic E-state index is 11.8. The molecule has 1 N–H and O–H groups in total. The predicted molar refractivity (Wildman–Crippen MR) is 102 cm³/mol. The smallest absolute Gasteiger partial charge is 0.243 e. The first-order chi connectivity index (χ1) is 12.7. The van der Waals surface area contributed by atoms with Gasteiger partial charge in [-0.25, -0.2) is 10.1 Å². The average Bonchev–Trinajstić information content (AvgIpc) is 3.44. The Hall–Kier alpha value is -2.92. The highest BCUT2D eigenvalue weighted by Crippen LogP contribution is 2.28. The van der Waals surface area contributed by atoms with E-state index < -0.39 is 0 Å². The molecule has 1 amide bonds. The molecule has 1 fully saturated rings. The van der Waals surface area contributed by atoms with E-state index in [1.54, 1.807) is 10.9 Å². The number of amides is 1. The molecule has 6 heteroatoms. The van der Waals surface area contributed by atoms with Gasteiger partial charge in [0.05, 0.1) is 11.9 Å². The van der Waals surface area contributed by atoms with Gasteiger partial charge < -0.3 is 0 Å². The molecule has 130 valence electrons. The molecular weight excluding hydrogens is 348 g/mol. The van der Waals surface area contributed by atoms with Gasteiger partial charge in [0.1, 0.15) is 5.69 Å². The number of hydrogen-bond donors (Lipinski definition) is 1. The number of nitrogens with one attached hydrogen (secondary N) is 1. The zero-order chi connectivity index (χ0) is 17.9. The molecule has 26 heavy (non-hydrogen) atoms. The molecule has 0 radical (unpaired) electrons. The molecule has 0 atom stereocenters. The standard InChI is InChI=1S/C20H17ClN4O/c21-17-10-8-14(9-11-17)19-16(12-22-23-20(26)15-6-7-15)13-25(24-19)18-4-2-1-3-5-18/h1-5,8-13,15H,6-7H2,(H,23,26)/b22-12+. The summed E-state index contributed by atoms with van der Waals surface area (Å²) in [5, 5.41) is 9.47. The third-order valence-electron chi connectivity index (χ3n) is 4.21. The lowest BCUT2D eigenvalue weighted by Gasteiger charge is -2.00. The van der Waals surface area contributed by atoms with E-state index in [2.05, 4.69) is 10.5 Å². The van der Waals surface area contributed by atoms with E-state index in [-0.39, 0.29) is 11.8 Å². The lowest BCUT2D eigenvalue weighted by Crippen LogP contribution is -2.18. The van der Waals surface area contributed by atoms with E-state index in [0.29, 0.717) is 5.02 Å². The highest BCUT2D eigenvalue weighted by Gasteiger charge is 2.29. The number of aromatic nitrogens is 2. The topological polar surface area (TPSA) is 59.3 Å². The molecule has 1 aliphatic carbocycles. The Morgan fingerprint density at radius 1 is 1.15 bits per heavy atom. The number of hydrazone groups is 1. The van der Waals surface area contributed by atoms with Crippen LogP contribution in [-0.2, 0) is 4.79 Å². The number of hydrogen-bond acceptors (Lipinski definition) is 3. The molecule has 0 saturated heterocycles. The monoisotopic (exact) mass is 364 g/mol. The second-order valence-electron chi connectivity index (χ2n) is 6.23. The zero-order valence-corrected chi connectivity index (χ0v) is 14.7. The van der Waals surface area contributed by atoms with Gasteiger partial charge in [-0.05, 0) is 37.1 Å². The van der Waals surface area contributed by atoms with Gasteiger partial charge in [0, 0.05) is 28.3 Å². The van der Waals surface area contributed by atoms with Crippen molar-refractivity contribution < 1.29 is 4.79 Å². The maximum Gasteiger partial charge on any atom is 0.243 e. The van der Waals surface area contributed by atoms with Gasteiger partial charge in [-0.3, -0.25) is 4.79 Å². The van der Waals surface area contributed by atoms with E-state index in [9.17, 15) is 4.79 Å². The lowest BCUT2D eigenvalue weighted by molar-refractivity contribution is -0.122. The predicted octanol–water partition coefficient (Wildman–Crippen LogP) is 4.05. The van der Waals surface area contributed by atoms with Crippen LogP contribution in [0.3, 0.4) is 0 Å². The summed E-state index contributed by atoms with van der Waals surface area (Å²) in [5.74, 6) is 0.0969. The minimum atomic E-state index is -0.0234. The van der Waals surface area contributed by atoms with Crippen molar-refractivity contribution in [3.8, 4) is 16.9 Å². The molecule has 1 aromatic heterocycles. The number of rotatable bonds is 5. The van der Waals surface area contributed by atoms with Crippen molar-refractivity contribution in [2.45, 2.75) is 12.8 Å². The molecule has 0 unspecified atom stereocenters. The van der Waals surface area contributed by atoms with Crippen LogP contribution in [-0.4, -0.2) is 21.9 Å². The van der Waals surface area contributed by atoms with Gasteiger partial charge in [0.15, 0.2) is 0 Å². The summed E-state index contributed by atoms with van der Waals surface area (Å²) in [6.45, 7) is 0. The largest absolute Gasteiger partial charge is 0.273 e. The normalized spacial score (nSPS) is 13.9. The minimum absolute atomic E-state index is 0.0234. The van der Waals surface area contributed by atoms with Crippen LogP contribution in [0.2, 0.25) is 5.02 Å². The lowest BCUT2D eigenvalue weighted by atomic mass is 10.1. The fourth-order valence-electron chi connectivity index (χ4n) is 2.63. The van der Waals surface area contributed by atoms with E-state index in [4.69, 9.17) is 16.7 Å². The number of para-hydroxylation sites is 1. The fourth-order valence-corrected chi connectivity index (χ4v) is 2.76. The Morgan fingerprint density at radius 2 is 1.88 bits per heavy atom. The number of nitrogens with zero attached hydrogens (tertiary/aromatic N) is 3. The first kappa shape index (κ1) is 16.5. The van der Waals surface area contributed by atoms with Gasteiger partial charge in [0.2, 0.25) is 5.91 Å². The number of carbonyl (C=O) groups excluding carboxylic acids is 1. The van der Waals surface area contributed by atoms with E-state index in [0.717, 1.165) is 35.3 Å². The van der Waals surface area contributed by atoms with Crippen molar-refractivity contribution in [2.24, 2.45) is 11.0 Å². The number of halogens is 1. The summed E-state index contributed by atoms with van der Waals surface area (Å²) in [7, 11) is 0. The van der Waals surface area contributed by atoms with Crippen molar-refractivity contribution in [1.82, 2.24) is 15.2 Å². The fraction of sp³-hybridized carbons (Fsp3) is 0.150. The summed E-state index contributed by atoms with van der Waals surface area (Å²) in [6, 6.07) is 17.3. The Kier molecular flexibility index (Phi) is 4.54. The molecular formula is C20H17ClN4O. The number of benzene rings is 2. The van der Waals surface area contributed by atoms with Crippen LogP contribution in [0.4, 0.5) is 0 Å². The molecule has 1 saturated carbocycles. The van der Waals surface area contributed by atoms with E-state index in [1.165, 1.54) is 0 Å². The molecule has 2 aromatic carbocycles. The van der Waals surface area contributed by atoms with Gasteiger partial charge in [-0.1, -0.05) is 41.9 Å². The molecule has 1 aliphatic rings. The van der Waals surface area contributed by atoms with Crippen molar-refractivity contribution in [3.05, 3.63) is 71.4 Å². The SMILES string of the molecule is O=C(N/N=C/c1cn(-c2ccccc2)nc1-c1ccc(Cl)cc1)C1CC1.